The van der Waals surface area contributed by atoms with Crippen LogP contribution in [0.5, 0.6) is 0 Å². The van der Waals surface area contributed by atoms with E-state index in [1.165, 1.54) is 0 Å². The van der Waals surface area contributed by atoms with Gasteiger partial charge in [0.15, 0.2) is 0 Å². The summed E-state index contributed by atoms with van der Waals surface area (Å²) in [7, 11) is 0. The number of rotatable bonds is 6. The van der Waals surface area contributed by atoms with Gasteiger partial charge in [-0.2, -0.15) is 0 Å². The summed E-state index contributed by atoms with van der Waals surface area (Å²) in [6.45, 7) is 12.2. The van der Waals surface area contributed by atoms with E-state index < -0.39 is 11.6 Å². The van der Waals surface area contributed by atoms with Crippen LogP contribution in [-0.2, 0) is 14.3 Å². The molecule has 6 nitrogen and oxygen atoms in total. The lowest BCUT2D eigenvalue weighted by atomic mass is 10.1. The minimum Gasteiger partial charge on any atom is -0.444 e. The predicted molar refractivity (Wildman–Crippen MR) is 91.7 cm³/mol. The van der Waals surface area contributed by atoms with E-state index in [1.54, 1.807) is 4.90 Å². The van der Waals surface area contributed by atoms with E-state index in [2.05, 4.69) is 0 Å². The molecule has 1 heterocycles. The van der Waals surface area contributed by atoms with Crippen molar-refractivity contribution < 1.29 is 19.1 Å². The van der Waals surface area contributed by atoms with Crippen LogP contribution in [0.1, 0.15) is 53.9 Å². The summed E-state index contributed by atoms with van der Waals surface area (Å²) in [6, 6.07) is -0.334. The van der Waals surface area contributed by atoms with Gasteiger partial charge in [-0.3, -0.25) is 9.69 Å². The van der Waals surface area contributed by atoms with Crippen molar-refractivity contribution in [2.45, 2.75) is 71.6 Å². The van der Waals surface area contributed by atoms with Crippen molar-refractivity contribution in [1.29, 1.82) is 0 Å². The topological polar surface area (TPSA) is 59.1 Å². The average Bonchev–Trinajstić information content (AvgIpc) is 3.19. The second kappa shape index (κ2) is 7.72. The highest BCUT2D eigenvalue weighted by atomic mass is 16.6. The molecule has 2 atom stereocenters. The van der Waals surface area contributed by atoms with Gasteiger partial charge in [0, 0.05) is 31.7 Å². The van der Waals surface area contributed by atoms with Gasteiger partial charge in [-0.05, 0) is 53.9 Å². The molecule has 24 heavy (non-hydrogen) atoms. The molecule has 1 aliphatic carbocycles. The summed E-state index contributed by atoms with van der Waals surface area (Å²) in [5, 5.41) is 0. The van der Waals surface area contributed by atoms with Crippen LogP contribution in [0.2, 0.25) is 0 Å². The quantitative estimate of drug-likeness (QED) is 0.746. The van der Waals surface area contributed by atoms with Crippen molar-refractivity contribution in [1.82, 2.24) is 9.80 Å². The second-order valence-electron chi connectivity index (χ2n) is 7.89. The molecule has 0 spiro atoms. The molecule has 0 aromatic heterocycles. The molecule has 1 saturated heterocycles. The van der Waals surface area contributed by atoms with Crippen LogP contribution in [0.4, 0.5) is 4.79 Å². The van der Waals surface area contributed by atoms with E-state index in [4.69, 9.17) is 9.47 Å². The number of hydrogen-bond acceptors (Lipinski definition) is 4. The van der Waals surface area contributed by atoms with Crippen LogP contribution in [0.15, 0.2) is 0 Å². The molecule has 2 aliphatic rings. The van der Waals surface area contributed by atoms with E-state index in [0.29, 0.717) is 19.1 Å². The fourth-order valence-corrected chi connectivity index (χ4v) is 3.13. The van der Waals surface area contributed by atoms with E-state index in [1.807, 2.05) is 39.5 Å². The summed E-state index contributed by atoms with van der Waals surface area (Å²) in [4.78, 5) is 28.9. The van der Waals surface area contributed by atoms with Crippen LogP contribution in [-0.4, -0.2) is 65.8 Å². The second-order valence-corrected chi connectivity index (χ2v) is 7.89. The van der Waals surface area contributed by atoms with Gasteiger partial charge < -0.3 is 14.4 Å². The van der Waals surface area contributed by atoms with Gasteiger partial charge in [0.25, 0.3) is 0 Å². The number of likely N-dealkylation sites (tertiary alicyclic amines) is 1. The van der Waals surface area contributed by atoms with Gasteiger partial charge in [-0.15, -0.1) is 0 Å². The molecule has 0 aromatic rings. The molecule has 138 valence electrons. The van der Waals surface area contributed by atoms with Gasteiger partial charge in [-0.1, -0.05) is 0 Å². The van der Waals surface area contributed by atoms with Gasteiger partial charge >= 0.3 is 6.09 Å². The zero-order valence-electron chi connectivity index (χ0n) is 15.7. The maximum absolute atomic E-state index is 12.8. The van der Waals surface area contributed by atoms with Gasteiger partial charge in [0.2, 0.25) is 5.91 Å². The molecular weight excluding hydrogens is 308 g/mol. The van der Waals surface area contributed by atoms with Crippen molar-refractivity contribution in [3.63, 3.8) is 0 Å². The van der Waals surface area contributed by atoms with Crippen LogP contribution in [0.3, 0.4) is 0 Å². The first-order valence-electron chi connectivity index (χ1n) is 9.10. The molecule has 0 radical (unpaired) electrons. The highest BCUT2D eigenvalue weighted by Gasteiger charge is 2.42. The molecule has 2 unspecified atom stereocenters. The Morgan fingerprint density at radius 2 is 1.92 bits per heavy atom. The zero-order chi connectivity index (χ0) is 17.9. The minimum absolute atomic E-state index is 0.0201. The van der Waals surface area contributed by atoms with Gasteiger partial charge in [0.1, 0.15) is 11.6 Å². The highest BCUT2D eigenvalue weighted by Crippen LogP contribution is 2.31. The number of ether oxygens (including phenoxy) is 2. The Morgan fingerprint density at radius 1 is 1.25 bits per heavy atom. The number of carbonyl (C=O) groups excluding carboxylic acids is 2. The third kappa shape index (κ3) is 5.10. The van der Waals surface area contributed by atoms with Crippen LogP contribution >= 0.6 is 0 Å². The lowest BCUT2D eigenvalue weighted by Crippen LogP contribution is -2.51. The summed E-state index contributed by atoms with van der Waals surface area (Å²) in [5.41, 5.74) is -0.552. The Hall–Kier alpha value is -1.30. The largest absolute Gasteiger partial charge is 0.444 e. The van der Waals surface area contributed by atoms with Crippen LogP contribution in [0.25, 0.3) is 0 Å². The maximum atomic E-state index is 12.8. The van der Waals surface area contributed by atoms with Crippen LogP contribution < -0.4 is 0 Å². The lowest BCUT2D eigenvalue weighted by Gasteiger charge is -2.33. The standard InChI is InChI=1S/C18H32N2O4/c1-6-23-12-14-9-10-19(11-14)16(21)13(2)20(15-7-8-15)17(22)24-18(3,4)5/h13-15H,6-12H2,1-5H3. The Bertz CT molecular complexity index is 456. The minimum atomic E-state index is -0.552. The molecular formula is C18H32N2O4. The van der Waals surface area contributed by atoms with E-state index in [-0.39, 0.29) is 18.0 Å². The molecule has 0 bridgehead atoms. The zero-order valence-corrected chi connectivity index (χ0v) is 15.7. The van der Waals surface area contributed by atoms with E-state index >= 15 is 0 Å². The Morgan fingerprint density at radius 3 is 2.46 bits per heavy atom. The predicted octanol–water partition coefficient (Wildman–Crippen LogP) is 2.66. The fraction of sp³-hybridized carbons (Fsp3) is 0.889. The molecule has 6 heteroatoms. The fourth-order valence-electron chi connectivity index (χ4n) is 3.13. The summed E-state index contributed by atoms with van der Waals surface area (Å²) in [5.74, 6) is 0.420. The Kier molecular flexibility index (Phi) is 6.12. The summed E-state index contributed by atoms with van der Waals surface area (Å²) in [6.07, 6.45) is 2.48. The molecule has 2 rings (SSSR count). The lowest BCUT2D eigenvalue weighted by molar-refractivity contribution is -0.135. The monoisotopic (exact) mass is 340 g/mol. The SMILES string of the molecule is CCOCC1CCN(C(=O)C(C)N(C(=O)OC(C)(C)C)C2CC2)C1. The third-order valence-corrected chi connectivity index (χ3v) is 4.47. The van der Waals surface area contributed by atoms with E-state index in [9.17, 15) is 9.59 Å². The first-order chi connectivity index (χ1) is 11.2. The number of carbonyl (C=O) groups is 2. The third-order valence-electron chi connectivity index (χ3n) is 4.47. The molecule has 2 fully saturated rings. The first-order valence-corrected chi connectivity index (χ1v) is 9.10. The van der Waals surface area contributed by atoms with Gasteiger partial charge in [-0.25, -0.2) is 4.79 Å². The first kappa shape index (κ1) is 19.0. The van der Waals surface area contributed by atoms with Crippen molar-refractivity contribution in [2.75, 3.05) is 26.3 Å². The molecule has 0 aromatic carbocycles. The normalized spacial score (nSPS) is 22.4. The highest BCUT2D eigenvalue weighted by molar-refractivity contribution is 5.86. The summed E-state index contributed by atoms with van der Waals surface area (Å²) >= 11 is 0. The average molecular weight is 340 g/mol. The Labute approximate surface area is 145 Å². The van der Waals surface area contributed by atoms with Gasteiger partial charge in [0.05, 0.1) is 6.61 Å². The Balaban J connectivity index is 1.96. The number of hydrogen-bond donors (Lipinski definition) is 0. The van der Waals surface area contributed by atoms with Crippen molar-refractivity contribution in [3.8, 4) is 0 Å². The van der Waals surface area contributed by atoms with Crippen molar-refractivity contribution in [2.24, 2.45) is 5.92 Å². The molecule has 0 N–H and O–H groups in total. The molecule has 2 amide bonds. The van der Waals surface area contributed by atoms with Crippen molar-refractivity contribution >= 4 is 12.0 Å². The maximum Gasteiger partial charge on any atom is 0.411 e. The summed E-state index contributed by atoms with van der Waals surface area (Å²) < 4.78 is 11.0. The molecule has 1 saturated carbocycles. The smallest absolute Gasteiger partial charge is 0.411 e. The number of amides is 2. The number of nitrogens with zero attached hydrogens (tertiary/aromatic N) is 2. The van der Waals surface area contributed by atoms with Crippen molar-refractivity contribution in [3.05, 3.63) is 0 Å². The molecule has 1 aliphatic heterocycles. The van der Waals surface area contributed by atoms with E-state index in [0.717, 1.165) is 32.4 Å². The van der Waals surface area contributed by atoms with Crippen LogP contribution in [0, 0.1) is 5.92 Å².